The van der Waals surface area contributed by atoms with Gasteiger partial charge in [0.1, 0.15) is 11.4 Å². The van der Waals surface area contributed by atoms with Crippen molar-refractivity contribution in [2.24, 2.45) is 0 Å². The predicted molar refractivity (Wildman–Crippen MR) is 152 cm³/mol. The van der Waals surface area contributed by atoms with Gasteiger partial charge in [-0.1, -0.05) is 24.3 Å². The van der Waals surface area contributed by atoms with Crippen molar-refractivity contribution in [3.05, 3.63) is 82.3 Å². The van der Waals surface area contributed by atoms with Crippen molar-refractivity contribution in [2.45, 2.75) is 45.3 Å². The number of pyridine rings is 1. The van der Waals surface area contributed by atoms with Gasteiger partial charge in [0.25, 0.3) is 5.69 Å². The Morgan fingerprint density at radius 2 is 1.95 bits per heavy atom. The smallest absolute Gasteiger partial charge is 0.407 e. The number of alkyl carbamates (subject to hydrolysis) is 1. The van der Waals surface area contributed by atoms with Gasteiger partial charge in [0, 0.05) is 30.3 Å². The molecule has 210 valence electrons. The first-order chi connectivity index (χ1) is 19.0. The number of nitrogens with zero attached hydrogens (tertiary/aromatic N) is 2. The molecule has 4 rings (SSSR count). The molecular formula is C29H30FN3O6S. The third-order valence-electron chi connectivity index (χ3n) is 5.80. The van der Waals surface area contributed by atoms with Gasteiger partial charge in [-0.25, -0.2) is 9.18 Å². The van der Waals surface area contributed by atoms with Crippen LogP contribution in [0.5, 0.6) is 11.5 Å². The van der Waals surface area contributed by atoms with Crippen LogP contribution < -0.4 is 10.1 Å². The number of fused-ring (bicyclic) bond motifs is 1. The summed E-state index contributed by atoms with van der Waals surface area (Å²) in [5.41, 5.74) is 1.82. The first-order valence-electron chi connectivity index (χ1n) is 12.6. The van der Waals surface area contributed by atoms with Crippen molar-refractivity contribution in [2.75, 3.05) is 13.7 Å². The maximum Gasteiger partial charge on any atom is 0.407 e. The summed E-state index contributed by atoms with van der Waals surface area (Å²) in [6, 6.07) is 14.7. The fourth-order valence-electron chi connectivity index (χ4n) is 4.04. The number of rotatable bonds is 10. The van der Waals surface area contributed by atoms with Crippen LogP contribution in [0, 0.1) is 15.9 Å². The minimum absolute atomic E-state index is 0.111. The van der Waals surface area contributed by atoms with Crippen LogP contribution in [0.3, 0.4) is 0 Å². The molecule has 0 spiro atoms. The van der Waals surface area contributed by atoms with Crippen molar-refractivity contribution in [3.63, 3.8) is 0 Å². The summed E-state index contributed by atoms with van der Waals surface area (Å²) in [6.45, 7) is 5.81. The second-order valence-corrected chi connectivity index (χ2v) is 11.2. The Bertz CT molecular complexity index is 1520. The molecule has 9 nitrogen and oxygen atoms in total. The van der Waals surface area contributed by atoms with Crippen LogP contribution in [0.4, 0.5) is 14.9 Å². The van der Waals surface area contributed by atoms with E-state index in [1.165, 1.54) is 23.5 Å². The van der Waals surface area contributed by atoms with E-state index in [0.29, 0.717) is 30.7 Å². The molecule has 0 aliphatic carbocycles. The number of aromatic nitrogens is 1. The third-order valence-corrected chi connectivity index (χ3v) is 6.99. The topological polar surface area (TPSA) is 113 Å². The molecule has 1 atom stereocenters. The van der Waals surface area contributed by atoms with Crippen molar-refractivity contribution < 1.29 is 28.3 Å². The second-order valence-electron chi connectivity index (χ2n) is 10.1. The molecule has 4 aromatic rings. The number of halogens is 1. The Kier molecular flexibility index (Phi) is 8.96. The van der Waals surface area contributed by atoms with Gasteiger partial charge in [-0.2, -0.15) is 0 Å². The molecule has 1 amide bonds. The highest BCUT2D eigenvalue weighted by Crippen LogP contribution is 2.40. The van der Waals surface area contributed by atoms with E-state index in [1.54, 1.807) is 19.4 Å². The summed E-state index contributed by atoms with van der Waals surface area (Å²) < 4.78 is 31.6. The molecule has 0 aliphatic rings. The third kappa shape index (κ3) is 7.51. The minimum Gasteiger partial charge on any atom is -0.453 e. The number of nitro groups is 1. The fraction of sp³-hybridized carbons (Fsp3) is 0.310. The molecule has 0 saturated heterocycles. The number of methoxy groups -OCH3 is 1. The van der Waals surface area contributed by atoms with Gasteiger partial charge in [-0.3, -0.25) is 15.1 Å². The number of benzene rings is 2. The van der Waals surface area contributed by atoms with Gasteiger partial charge in [-0.15, -0.1) is 11.3 Å². The largest absolute Gasteiger partial charge is 0.453 e. The number of amides is 1. The SMILES string of the molecule is COCC(CCc1cccc(-c2cc3nccc(Oc4ccc([N+](=O)[O-])cc4F)c3s2)c1)NC(=O)OC(C)(C)C. The van der Waals surface area contributed by atoms with E-state index in [0.717, 1.165) is 26.8 Å². The number of non-ortho nitro benzene ring substituents is 1. The van der Waals surface area contributed by atoms with Crippen LogP contribution >= 0.6 is 11.3 Å². The van der Waals surface area contributed by atoms with Gasteiger partial charge in [-0.05, 0) is 56.9 Å². The number of carbonyl (C=O) groups is 1. The van der Waals surface area contributed by atoms with Gasteiger partial charge in [0.05, 0.1) is 33.9 Å². The van der Waals surface area contributed by atoms with Crippen LogP contribution in [0.25, 0.3) is 20.7 Å². The molecule has 0 aliphatic heterocycles. The van der Waals surface area contributed by atoms with E-state index in [9.17, 15) is 19.3 Å². The lowest BCUT2D eigenvalue weighted by Gasteiger charge is -2.23. The van der Waals surface area contributed by atoms with E-state index < -0.39 is 22.4 Å². The molecular weight excluding hydrogens is 537 g/mol. The number of hydrogen-bond donors (Lipinski definition) is 1. The number of ether oxygens (including phenoxy) is 3. The lowest BCUT2D eigenvalue weighted by atomic mass is 10.0. The summed E-state index contributed by atoms with van der Waals surface area (Å²) in [7, 11) is 1.59. The number of thiophene rings is 1. The molecule has 40 heavy (non-hydrogen) atoms. The average molecular weight is 568 g/mol. The fourth-order valence-corrected chi connectivity index (χ4v) is 5.10. The lowest BCUT2D eigenvalue weighted by molar-refractivity contribution is -0.385. The van der Waals surface area contributed by atoms with Gasteiger partial charge >= 0.3 is 6.09 Å². The first kappa shape index (κ1) is 28.9. The number of hydrogen-bond acceptors (Lipinski definition) is 8. The molecule has 2 heterocycles. The average Bonchev–Trinajstić information content (AvgIpc) is 3.33. The highest BCUT2D eigenvalue weighted by Gasteiger charge is 2.20. The van der Waals surface area contributed by atoms with Crippen LogP contribution in [-0.4, -0.2) is 41.4 Å². The van der Waals surface area contributed by atoms with E-state index in [1.807, 2.05) is 45.0 Å². The van der Waals surface area contributed by atoms with Gasteiger partial charge in [0.2, 0.25) is 0 Å². The molecule has 11 heteroatoms. The Balaban J connectivity index is 1.50. The van der Waals surface area contributed by atoms with Gasteiger partial charge in [0.15, 0.2) is 11.6 Å². The molecule has 2 aromatic carbocycles. The maximum absolute atomic E-state index is 14.5. The zero-order valence-electron chi connectivity index (χ0n) is 22.6. The van der Waals surface area contributed by atoms with E-state index in [2.05, 4.69) is 16.4 Å². The highest BCUT2D eigenvalue weighted by atomic mass is 32.1. The normalized spacial score (nSPS) is 12.2. The quantitative estimate of drug-likeness (QED) is 0.158. The lowest BCUT2D eigenvalue weighted by Crippen LogP contribution is -2.41. The van der Waals surface area contributed by atoms with E-state index in [-0.39, 0.29) is 17.5 Å². The monoisotopic (exact) mass is 567 g/mol. The summed E-state index contributed by atoms with van der Waals surface area (Å²) >= 11 is 1.45. The van der Waals surface area contributed by atoms with Crippen LogP contribution in [0.1, 0.15) is 32.8 Å². The molecule has 0 fully saturated rings. The van der Waals surface area contributed by atoms with Crippen molar-refractivity contribution in [3.8, 4) is 21.9 Å². The molecule has 0 radical (unpaired) electrons. The summed E-state index contributed by atoms with van der Waals surface area (Å²) in [5.74, 6) is -0.530. The maximum atomic E-state index is 14.5. The van der Waals surface area contributed by atoms with Crippen LogP contribution in [0.15, 0.2) is 60.8 Å². The van der Waals surface area contributed by atoms with E-state index in [4.69, 9.17) is 14.2 Å². The summed E-state index contributed by atoms with van der Waals surface area (Å²) in [5, 5.41) is 13.8. The number of carbonyl (C=O) groups excluding carboxylic acids is 1. The highest BCUT2D eigenvalue weighted by molar-refractivity contribution is 7.22. The minimum atomic E-state index is -0.823. The molecule has 0 bridgehead atoms. The molecule has 1 N–H and O–H groups in total. The van der Waals surface area contributed by atoms with Crippen molar-refractivity contribution in [1.29, 1.82) is 0 Å². The first-order valence-corrected chi connectivity index (χ1v) is 13.4. The summed E-state index contributed by atoms with van der Waals surface area (Å²) in [4.78, 5) is 27.9. The number of nitro benzene ring substituents is 1. The Hall–Kier alpha value is -4.09. The van der Waals surface area contributed by atoms with Gasteiger partial charge < -0.3 is 19.5 Å². The standard InChI is InChI=1S/C29H30FN3O6S/c1-29(2,3)39-28(34)32-20(17-37-4)9-8-18-6-5-7-19(14-18)26-16-23-27(40-26)25(12-13-31-23)38-24-11-10-21(33(35)36)15-22(24)30/h5-7,10-16,20H,8-9,17H2,1-4H3,(H,32,34). The molecule has 1 unspecified atom stereocenters. The Labute approximate surface area is 235 Å². The van der Waals surface area contributed by atoms with E-state index >= 15 is 0 Å². The Morgan fingerprint density at radius 3 is 2.65 bits per heavy atom. The Morgan fingerprint density at radius 1 is 1.15 bits per heavy atom. The second kappa shape index (κ2) is 12.4. The number of aryl methyl sites for hydroxylation is 1. The van der Waals surface area contributed by atoms with Crippen LogP contribution in [-0.2, 0) is 15.9 Å². The molecule has 2 aromatic heterocycles. The van der Waals surface area contributed by atoms with Crippen LogP contribution in [0.2, 0.25) is 0 Å². The number of nitrogens with one attached hydrogen (secondary N) is 1. The van der Waals surface area contributed by atoms with Crippen molar-refractivity contribution in [1.82, 2.24) is 10.3 Å². The van der Waals surface area contributed by atoms with Crippen molar-refractivity contribution >= 4 is 33.3 Å². The summed E-state index contributed by atoms with van der Waals surface area (Å²) in [6.07, 6.45) is 2.45. The molecule has 0 saturated carbocycles. The zero-order valence-corrected chi connectivity index (χ0v) is 23.4. The predicted octanol–water partition coefficient (Wildman–Crippen LogP) is 7.28. The zero-order chi connectivity index (χ0) is 28.9.